The van der Waals surface area contributed by atoms with E-state index in [9.17, 15) is 4.39 Å². The van der Waals surface area contributed by atoms with Crippen LogP contribution in [0.15, 0.2) is 28.6 Å². The topological polar surface area (TPSA) is 61.6 Å². The molecule has 0 saturated carbocycles. The summed E-state index contributed by atoms with van der Waals surface area (Å²) in [5.41, 5.74) is 0.389. The van der Waals surface area contributed by atoms with Gasteiger partial charge in [0.2, 0.25) is 5.13 Å². The predicted octanol–water partition coefficient (Wildman–Crippen LogP) is 3.82. The molecule has 19 heavy (non-hydrogen) atoms. The highest BCUT2D eigenvalue weighted by atomic mass is 32.2. The summed E-state index contributed by atoms with van der Waals surface area (Å²) in [7, 11) is 0. The molecular formula is C12H11FN4S2. The lowest BCUT2D eigenvalue weighted by molar-refractivity contribution is 0.632. The Morgan fingerprint density at radius 2 is 2.21 bits per heavy atom. The molecule has 0 saturated heterocycles. The smallest absolute Gasteiger partial charge is 0.210 e. The first-order valence-corrected chi connectivity index (χ1v) is 7.44. The van der Waals surface area contributed by atoms with Crippen molar-refractivity contribution in [2.45, 2.75) is 17.2 Å². The van der Waals surface area contributed by atoms with Crippen LogP contribution >= 0.6 is 23.1 Å². The summed E-state index contributed by atoms with van der Waals surface area (Å²) in [5, 5.41) is 19.8. The first-order chi connectivity index (χ1) is 9.29. The Hall–Kier alpha value is -1.65. The Morgan fingerprint density at radius 3 is 3.00 bits per heavy atom. The SMILES string of the molecule is N#CCCCSc1nnc(Nc2ccccc2F)s1. The van der Waals surface area contributed by atoms with E-state index in [0.29, 0.717) is 17.2 Å². The van der Waals surface area contributed by atoms with Crippen LogP contribution in [0.4, 0.5) is 15.2 Å². The number of halogens is 1. The average Bonchev–Trinajstić information content (AvgIpc) is 2.85. The zero-order valence-corrected chi connectivity index (χ0v) is 11.6. The van der Waals surface area contributed by atoms with Gasteiger partial charge in [-0.2, -0.15) is 5.26 Å². The van der Waals surface area contributed by atoms with Crippen LogP contribution < -0.4 is 5.32 Å². The maximum absolute atomic E-state index is 13.4. The summed E-state index contributed by atoms with van der Waals surface area (Å²) in [6.07, 6.45) is 1.38. The van der Waals surface area contributed by atoms with Crippen LogP contribution in [0.2, 0.25) is 0 Å². The number of anilines is 2. The molecule has 98 valence electrons. The number of nitrogens with one attached hydrogen (secondary N) is 1. The van der Waals surface area contributed by atoms with Gasteiger partial charge in [-0.3, -0.25) is 0 Å². The molecule has 1 heterocycles. The third-order valence-corrected chi connectivity index (χ3v) is 4.24. The van der Waals surface area contributed by atoms with Gasteiger partial charge in [0.25, 0.3) is 0 Å². The largest absolute Gasteiger partial charge is 0.328 e. The van der Waals surface area contributed by atoms with Gasteiger partial charge in [0.05, 0.1) is 11.8 Å². The number of hydrogen-bond donors (Lipinski definition) is 1. The lowest BCUT2D eigenvalue weighted by Crippen LogP contribution is -1.92. The Balaban J connectivity index is 1.91. The summed E-state index contributed by atoms with van der Waals surface area (Å²) >= 11 is 2.93. The molecule has 0 aliphatic heterocycles. The molecular weight excluding hydrogens is 283 g/mol. The second-order valence-electron chi connectivity index (χ2n) is 3.59. The van der Waals surface area contributed by atoms with Gasteiger partial charge in [-0.1, -0.05) is 35.2 Å². The second-order valence-corrected chi connectivity index (χ2v) is 5.91. The summed E-state index contributed by atoms with van der Waals surface area (Å²) in [4.78, 5) is 0. The van der Waals surface area contributed by atoms with Gasteiger partial charge in [-0.25, -0.2) is 4.39 Å². The van der Waals surface area contributed by atoms with E-state index in [0.717, 1.165) is 16.5 Å². The van der Waals surface area contributed by atoms with E-state index in [1.165, 1.54) is 17.4 Å². The summed E-state index contributed by atoms with van der Waals surface area (Å²) in [6, 6.07) is 8.53. The van der Waals surface area contributed by atoms with Crippen LogP contribution in [-0.4, -0.2) is 16.0 Å². The van der Waals surface area contributed by atoms with Crippen molar-refractivity contribution in [3.63, 3.8) is 0 Å². The maximum Gasteiger partial charge on any atom is 0.210 e. The Morgan fingerprint density at radius 1 is 1.37 bits per heavy atom. The third kappa shape index (κ3) is 4.19. The first kappa shape index (κ1) is 13.8. The van der Waals surface area contributed by atoms with Gasteiger partial charge in [0.15, 0.2) is 4.34 Å². The number of benzene rings is 1. The van der Waals surface area contributed by atoms with Crippen molar-refractivity contribution in [3.05, 3.63) is 30.1 Å². The minimum absolute atomic E-state index is 0.319. The molecule has 0 unspecified atom stereocenters. The summed E-state index contributed by atoms with van der Waals surface area (Å²) in [5.74, 6) is 0.517. The fourth-order valence-electron chi connectivity index (χ4n) is 1.31. The van der Waals surface area contributed by atoms with E-state index >= 15 is 0 Å². The van der Waals surface area contributed by atoms with Crippen LogP contribution in [0.1, 0.15) is 12.8 Å². The number of unbranched alkanes of at least 4 members (excludes halogenated alkanes) is 1. The van der Waals surface area contributed by atoms with Crippen molar-refractivity contribution in [2.24, 2.45) is 0 Å². The molecule has 0 radical (unpaired) electrons. The third-order valence-electron chi connectivity index (χ3n) is 2.18. The Labute approximate surface area is 118 Å². The van der Waals surface area contributed by atoms with Gasteiger partial charge in [-0.15, -0.1) is 10.2 Å². The molecule has 0 aliphatic rings. The number of rotatable bonds is 6. The molecule has 0 fully saturated rings. The molecule has 1 aromatic carbocycles. The predicted molar refractivity (Wildman–Crippen MR) is 75.2 cm³/mol. The Bertz CT molecular complexity index is 579. The molecule has 2 rings (SSSR count). The van der Waals surface area contributed by atoms with Gasteiger partial charge in [0.1, 0.15) is 5.82 Å². The van der Waals surface area contributed by atoms with Crippen LogP contribution in [0.5, 0.6) is 0 Å². The normalized spacial score (nSPS) is 10.1. The summed E-state index contributed by atoms with van der Waals surface area (Å²) in [6.45, 7) is 0. The van der Waals surface area contributed by atoms with E-state index in [4.69, 9.17) is 5.26 Å². The van der Waals surface area contributed by atoms with Crippen molar-refractivity contribution in [1.82, 2.24) is 10.2 Å². The van der Waals surface area contributed by atoms with Gasteiger partial charge in [0, 0.05) is 12.2 Å². The standard InChI is InChI=1S/C12H11FN4S2/c13-9-5-1-2-6-10(9)15-11-16-17-12(19-11)18-8-4-3-7-14/h1-2,5-6H,3-4,8H2,(H,15,16). The van der Waals surface area contributed by atoms with Crippen molar-refractivity contribution < 1.29 is 4.39 Å². The van der Waals surface area contributed by atoms with Crippen LogP contribution in [0.3, 0.4) is 0 Å². The number of para-hydroxylation sites is 1. The fraction of sp³-hybridized carbons (Fsp3) is 0.250. The molecule has 0 spiro atoms. The molecule has 1 N–H and O–H groups in total. The first-order valence-electron chi connectivity index (χ1n) is 5.64. The molecule has 0 bridgehead atoms. The van der Waals surface area contributed by atoms with E-state index in [1.807, 2.05) is 0 Å². The highest BCUT2D eigenvalue weighted by molar-refractivity contribution is 8.01. The molecule has 7 heteroatoms. The van der Waals surface area contributed by atoms with E-state index in [2.05, 4.69) is 21.6 Å². The maximum atomic E-state index is 13.4. The number of nitrogens with zero attached hydrogens (tertiary/aromatic N) is 3. The lowest BCUT2D eigenvalue weighted by Gasteiger charge is -2.01. The Kier molecular flexibility index (Phi) is 5.12. The molecule has 1 aromatic heterocycles. The number of thioether (sulfide) groups is 1. The van der Waals surface area contributed by atoms with Crippen LogP contribution in [0.25, 0.3) is 0 Å². The number of nitriles is 1. The van der Waals surface area contributed by atoms with Gasteiger partial charge < -0.3 is 5.32 Å². The highest BCUT2D eigenvalue weighted by Crippen LogP contribution is 2.28. The monoisotopic (exact) mass is 294 g/mol. The van der Waals surface area contributed by atoms with E-state index in [-0.39, 0.29) is 5.82 Å². The number of hydrogen-bond acceptors (Lipinski definition) is 6. The molecule has 0 aliphatic carbocycles. The van der Waals surface area contributed by atoms with Crippen LogP contribution in [-0.2, 0) is 0 Å². The van der Waals surface area contributed by atoms with E-state index in [1.54, 1.807) is 30.0 Å². The lowest BCUT2D eigenvalue weighted by atomic mass is 10.3. The molecule has 4 nitrogen and oxygen atoms in total. The average molecular weight is 294 g/mol. The quantitative estimate of drug-likeness (QED) is 0.648. The van der Waals surface area contributed by atoms with Crippen molar-refractivity contribution in [1.29, 1.82) is 5.26 Å². The van der Waals surface area contributed by atoms with Crippen molar-refractivity contribution in [2.75, 3.05) is 11.1 Å². The summed E-state index contributed by atoms with van der Waals surface area (Å²) < 4.78 is 14.2. The molecule has 0 atom stereocenters. The zero-order valence-electron chi connectivity index (χ0n) is 9.97. The molecule has 2 aromatic rings. The molecule has 0 amide bonds. The minimum Gasteiger partial charge on any atom is -0.328 e. The number of aromatic nitrogens is 2. The van der Waals surface area contributed by atoms with Gasteiger partial charge >= 0.3 is 0 Å². The minimum atomic E-state index is -0.319. The van der Waals surface area contributed by atoms with Gasteiger partial charge in [-0.05, 0) is 18.6 Å². The van der Waals surface area contributed by atoms with E-state index < -0.39 is 0 Å². The van der Waals surface area contributed by atoms with Crippen LogP contribution in [0, 0.1) is 17.1 Å². The van der Waals surface area contributed by atoms with Crippen molar-refractivity contribution >= 4 is 33.9 Å². The zero-order chi connectivity index (χ0) is 13.5. The highest BCUT2D eigenvalue weighted by Gasteiger charge is 2.07. The fourth-order valence-corrected chi connectivity index (χ4v) is 3.08. The van der Waals surface area contributed by atoms with Crippen molar-refractivity contribution in [3.8, 4) is 6.07 Å². The second kappa shape index (κ2) is 7.07.